The van der Waals surface area contributed by atoms with Gasteiger partial charge in [-0.2, -0.15) is 0 Å². The molecule has 1 aliphatic heterocycles. The van der Waals surface area contributed by atoms with Crippen LogP contribution < -0.4 is 14.8 Å². The normalized spacial score (nSPS) is 22.3. The van der Waals surface area contributed by atoms with E-state index in [1.807, 2.05) is 0 Å². The number of Topliss-reactive ketones (excluding diaryl/α,β-unsaturated/α-hetero) is 1. The minimum Gasteiger partial charge on any atom is -0.486 e. The topological polar surface area (TPSA) is 64.6 Å². The van der Waals surface area contributed by atoms with Crippen LogP contribution in [-0.2, 0) is 4.79 Å². The fourth-order valence-electron chi connectivity index (χ4n) is 3.60. The number of carbonyl (C=O) groups is 2. The SMILES string of the molecule is CCC1CCC(NC(=O)CCC(=O)c2ccc3c(c2)OCCO3)CC1. The average Bonchev–Trinajstić information content (AvgIpc) is 2.66. The van der Waals surface area contributed by atoms with Crippen LogP contribution in [0.15, 0.2) is 18.2 Å². The number of hydrogen-bond acceptors (Lipinski definition) is 4. The molecule has 0 saturated heterocycles. The molecular formula is C20H27NO4. The van der Waals surface area contributed by atoms with Gasteiger partial charge in [-0.15, -0.1) is 0 Å². The van der Waals surface area contributed by atoms with Crippen molar-refractivity contribution < 1.29 is 19.1 Å². The fraction of sp³-hybridized carbons (Fsp3) is 0.600. The zero-order chi connectivity index (χ0) is 17.6. The summed E-state index contributed by atoms with van der Waals surface area (Å²) >= 11 is 0. The Balaban J connectivity index is 1.45. The Hall–Kier alpha value is -2.04. The molecule has 1 aromatic rings. The number of hydrogen-bond donors (Lipinski definition) is 1. The number of ketones is 1. The van der Waals surface area contributed by atoms with Gasteiger partial charge >= 0.3 is 0 Å². The van der Waals surface area contributed by atoms with Gasteiger partial charge in [-0.3, -0.25) is 9.59 Å². The summed E-state index contributed by atoms with van der Waals surface area (Å²) in [7, 11) is 0. The molecule has 1 heterocycles. The molecule has 1 N–H and O–H groups in total. The van der Waals surface area contributed by atoms with Crippen molar-refractivity contribution in [1.82, 2.24) is 5.32 Å². The molecule has 0 aromatic heterocycles. The number of rotatable bonds is 6. The highest BCUT2D eigenvalue weighted by Gasteiger charge is 2.22. The number of benzene rings is 1. The van der Waals surface area contributed by atoms with Crippen LogP contribution in [0.4, 0.5) is 0 Å². The van der Waals surface area contributed by atoms with Gasteiger partial charge in [0.2, 0.25) is 5.91 Å². The lowest BCUT2D eigenvalue weighted by Gasteiger charge is -2.28. The van der Waals surface area contributed by atoms with Crippen molar-refractivity contribution in [1.29, 1.82) is 0 Å². The van der Waals surface area contributed by atoms with Crippen LogP contribution in [0.3, 0.4) is 0 Å². The lowest BCUT2D eigenvalue weighted by molar-refractivity contribution is -0.122. The van der Waals surface area contributed by atoms with E-state index in [1.165, 1.54) is 19.3 Å². The molecule has 1 amide bonds. The van der Waals surface area contributed by atoms with Gasteiger partial charge in [0.15, 0.2) is 17.3 Å². The zero-order valence-corrected chi connectivity index (χ0v) is 14.9. The molecule has 0 atom stereocenters. The quantitative estimate of drug-likeness (QED) is 0.802. The highest BCUT2D eigenvalue weighted by Crippen LogP contribution is 2.31. The molecule has 1 fully saturated rings. The molecule has 0 spiro atoms. The van der Waals surface area contributed by atoms with Gasteiger partial charge < -0.3 is 14.8 Å². The van der Waals surface area contributed by atoms with Crippen LogP contribution in [0.1, 0.15) is 62.2 Å². The Morgan fingerprint density at radius 1 is 1.04 bits per heavy atom. The Bertz CT molecular complexity index is 620. The van der Waals surface area contributed by atoms with Crippen molar-refractivity contribution in [3.8, 4) is 11.5 Å². The van der Waals surface area contributed by atoms with Gasteiger partial charge in [0, 0.05) is 24.4 Å². The predicted octanol–water partition coefficient (Wildman–Crippen LogP) is 3.51. The summed E-state index contributed by atoms with van der Waals surface area (Å²) < 4.78 is 11.0. The molecule has 5 heteroatoms. The van der Waals surface area contributed by atoms with E-state index in [1.54, 1.807) is 18.2 Å². The Labute approximate surface area is 149 Å². The largest absolute Gasteiger partial charge is 0.486 e. The maximum Gasteiger partial charge on any atom is 0.220 e. The van der Waals surface area contributed by atoms with Crippen LogP contribution in [0, 0.1) is 5.92 Å². The number of carbonyl (C=O) groups excluding carboxylic acids is 2. The second-order valence-corrected chi connectivity index (χ2v) is 6.98. The first kappa shape index (κ1) is 17.8. The summed E-state index contributed by atoms with van der Waals surface area (Å²) in [4.78, 5) is 24.5. The van der Waals surface area contributed by atoms with E-state index >= 15 is 0 Å². The van der Waals surface area contributed by atoms with Crippen molar-refractivity contribution >= 4 is 11.7 Å². The van der Waals surface area contributed by atoms with Crippen LogP contribution in [0.5, 0.6) is 11.5 Å². The smallest absolute Gasteiger partial charge is 0.220 e. The van der Waals surface area contributed by atoms with Crippen LogP contribution in [0.25, 0.3) is 0 Å². The molecule has 0 unspecified atom stereocenters. The maximum atomic E-state index is 12.3. The third kappa shape index (κ3) is 4.74. The molecule has 2 aliphatic rings. The van der Waals surface area contributed by atoms with Crippen molar-refractivity contribution in [2.75, 3.05) is 13.2 Å². The van der Waals surface area contributed by atoms with Gasteiger partial charge in [0.1, 0.15) is 13.2 Å². The third-order valence-corrected chi connectivity index (χ3v) is 5.23. The van der Waals surface area contributed by atoms with Gasteiger partial charge in [-0.25, -0.2) is 0 Å². The highest BCUT2D eigenvalue weighted by molar-refractivity contribution is 5.98. The monoisotopic (exact) mass is 345 g/mol. The Morgan fingerprint density at radius 3 is 2.48 bits per heavy atom. The first-order valence-corrected chi connectivity index (χ1v) is 9.38. The summed E-state index contributed by atoms with van der Waals surface area (Å²) in [5.74, 6) is 2.02. The number of nitrogens with one attached hydrogen (secondary N) is 1. The van der Waals surface area contributed by atoms with Gasteiger partial charge in [0.05, 0.1) is 0 Å². The molecule has 136 valence electrons. The first-order valence-electron chi connectivity index (χ1n) is 9.38. The van der Waals surface area contributed by atoms with E-state index in [9.17, 15) is 9.59 Å². The zero-order valence-electron chi connectivity index (χ0n) is 14.9. The molecule has 0 bridgehead atoms. The van der Waals surface area contributed by atoms with Gasteiger partial charge in [-0.05, 0) is 49.8 Å². The van der Waals surface area contributed by atoms with Crippen molar-refractivity contribution in [2.45, 2.75) is 57.9 Å². The highest BCUT2D eigenvalue weighted by atomic mass is 16.6. The lowest BCUT2D eigenvalue weighted by atomic mass is 9.84. The summed E-state index contributed by atoms with van der Waals surface area (Å²) in [5.41, 5.74) is 0.570. The Kier molecular flexibility index (Phi) is 5.95. The van der Waals surface area contributed by atoms with Gasteiger partial charge in [0.25, 0.3) is 0 Å². The maximum absolute atomic E-state index is 12.3. The average molecular weight is 345 g/mol. The van der Waals surface area contributed by atoms with E-state index in [4.69, 9.17) is 9.47 Å². The lowest BCUT2D eigenvalue weighted by Crippen LogP contribution is -2.37. The molecule has 5 nitrogen and oxygen atoms in total. The standard InChI is InChI=1S/C20H27NO4/c1-2-14-3-6-16(7-4-14)21-20(23)10-8-17(22)15-5-9-18-19(13-15)25-12-11-24-18/h5,9,13-14,16H,2-4,6-8,10-12H2,1H3,(H,21,23). The molecule has 1 aromatic carbocycles. The second-order valence-electron chi connectivity index (χ2n) is 6.98. The van der Waals surface area contributed by atoms with E-state index in [0.717, 1.165) is 18.8 Å². The van der Waals surface area contributed by atoms with Gasteiger partial charge in [-0.1, -0.05) is 13.3 Å². The van der Waals surface area contributed by atoms with E-state index in [0.29, 0.717) is 30.3 Å². The minimum absolute atomic E-state index is 0.0224. The first-order chi connectivity index (χ1) is 12.2. The molecule has 1 saturated carbocycles. The molecular weight excluding hydrogens is 318 g/mol. The number of fused-ring (bicyclic) bond motifs is 1. The van der Waals surface area contributed by atoms with E-state index in [2.05, 4.69) is 12.2 Å². The molecule has 25 heavy (non-hydrogen) atoms. The van der Waals surface area contributed by atoms with E-state index < -0.39 is 0 Å². The van der Waals surface area contributed by atoms with Crippen LogP contribution in [-0.4, -0.2) is 30.9 Å². The Morgan fingerprint density at radius 2 is 1.76 bits per heavy atom. The van der Waals surface area contributed by atoms with Crippen molar-refractivity contribution in [2.24, 2.45) is 5.92 Å². The summed E-state index contributed by atoms with van der Waals surface area (Å²) in [6.07, 6.45) is 6.18. The van der Waals surface area contributed by atoms with Crippen molar-refractivity contribution in [3.63, 3.8) is 0 Å². The fourth-order valence-corrected chi connectivity index (χ4v) is 3.60. The van der Waals surface area contributed by atoms with E-state index in [-0.39, 0.29) is 30.6 Å². The van der Waals surface area contributed by atoms with Crippen molar-refractivity contribution in [3.05, 3.63) is 23.8 Å². The van der Waals surface area contributed by atoms with Crippen LogP contribution >= 0.6 is 0 Å². The molecule has 1 aliphatic carbocycles. The molecule has 0 radical (unpaired) electrons. The molecule has 3 rings (SSSR count). The summed E-state index contributed by atoms with van der Waals surface area (Å²) in [6.45, 7) is 3.25. The third-order valence-electron chi connectivity index (χ3n) is 5.23. The second kappa shape index (κ2) is 8.37. The minimum atomic E-state index is -0.0400. The number of amides is 1. The summed E-state index contributed by atoms with van der Waals surface area (Å²) in [6, 6.07) is 5.48. The predicted molar refractivity (Wildman–Crippen MR) is 95.2 cm³/mol. The summed E-state index contributed by atoms with van der Waals surface area (Å²) in [5, 5.41) is 3.08. The van der Waals surface area contributed by atoms with Crippen LogP contribution in [0.2, 0.25) is 0 Å². The number of ether oxygens (including phenoxy) is 2.